The van der Waals surface area contributed by atoms with Gasteiger partial charge in [0.15, 0.2) is 0 Å². The second kappa shape index (κ2) is 20.1. The standard InChI is InChI=1S/2C14H11N.C8H5.C6H6IN.Cu/c1-2-6-11(7-3-1)14-10-12-8-4-5-9-13(12)15-14;15-14-9-5-4-8-13(14)11-10-12-6-2-1-3-7-12;1-2-8-6-4-3-5-7-8;7-5-3-1-2-4-6(5)8;/h1-10,15H;1-9H,15H2;3-7H;1-4H,8H2;/q;;-1;;+1. The fraction of sp³-hybridized carbons (Fsp3) is 0. The van der Waals surface area contributed by atoms with Crippen molar-refractivity contribution in [1.29, 1.82) is 0 Å². The van der Waals surface area contributed by atoms with E-state index in [4.69, 9.17) is 17.9 Å². The molecule has 234 valence electrons. The van der Waals surface area contributed by atoms with Crippen molar-refractivity contribution in [3.8, 4) is 29.0 Å². The van der Waals surface area contributed by atoms with Crippen LogP contribution >= 0.6 is 22.6 Å². The zero-order chi connectivity index (χ0) is 32.4. The van der Waals surface area contributed by atoms with E-state index in [9.17, 15) is 0 Å². The van der Waals surface area contributed by atoms with Gasteiger partial charge >= 0.3 is 17.1 Å². The normalized spacial score (nSPS) is 9.19. The predicted octanol–water partition coefficient (Wildman–Crippen LogP) is 10.00. The van der Waals surface area contributed by atoms with E-state index in [1.165, 1.54) is 22.2 Å². The molecule has 47 heavy (non-hydrogen) atoms. The van der Waals surface area contributed by atoms with E-state index in [1.54, 1.807) is 0 Å². The smallest absolute Gasteiger partial charge is 0.398 e. The number of anilines is 2. The largest absolute Gasteiger partial charge is 1.00 e. The first-order valence-electron chi connectivity index (χ1n) is 14.6. The van der Waals surface area contributed by atoms with Crippen LogP contribution in [0.4, 0.5) is 11.4 Å². The first-order valence-corrected chi connectivity index (χ1v) is 15.6. The van der Waals surface area contributed by atoms with Crippen LogP contribution in [-0.2, 0) is 17.1 Å². The van der Waals surface area contributed by atoms with Crippen molar-refractivity contribution in [3.63, 3.8) is 0 Å². The van der Waals surface area contributed by atoms with E-state index in [1.807, 2.05) is 121 Å². The number of nitrogen functional groups attached to an aromatic ring is 2. The van der Waals surface area contributed by atoms with Gasteiger partial charge in [0.2, 0.25) is 0 Å². The van der Waals surface area contributed by atoms with Gasteiger partial charge in [0.1, 0.15) is 0 Å². The Labute approximate surface area is 302 Å². The van der Waals surface area contributed by atoms with Gasteiger partial charge in [0.05, 0.1) is 0 Å². The Morgan fingerprint density at radius 2 is 1.04 bits per heavy atom. The number of rotatable bonds is 1. The Morgan fingerprint density at radius 1 is 0.532 bits per heavy atom. The van der Waals surface area contributed by atoms with Crippen LogP contribution in [0.5, 0.6) is 0 Å². The molecule has 7 rings (SSSR count). The van der Waals surface area contributed by atoms with Crippen LogP contribution in [0.15, 0.2) is 170 Å². The predicted molar refractivity (Wildman–Crippen MR) is 203 cm³/mol. The summed E-state index contributed by atoms with van der Waals surface area (Å²) in [6.45, 7) is 0. The number of benzene rings is 6. The van der Waals surface area contributed by atoms with E-state index in [2.05, 4.69) is 93.9 Å². The molecule has 7 aromatic rings. The first-order chi connectivity index (χ1) is 22.5. The molecule has 0 aliphatic heterocycles. The Balaban J connectivity index is 0.000000177. The topological polar surface area (TPSA) is 67.8 Å². The fourth-order valence-corrected chi connectivity index (χ4v) is 4.50. The van der Waals surface area contributed by atoms with Crippen LogP contribution in [0.25, 0.3) is 22.2 Å². The monoisotopic (exact) mass is 769 g/mol. The summed E-state index contributed by atoms with van der Waals surface area (Å²) in [4.78, 5) is 3.41. The second-order valence-corrected chi connectivity index (χ2v) is 11.0. The van der Waals surface area contributed by atoms with Gasteiger partial charge in [-0.05, 0) is 76.7 Å². The maximum atomic E-state index is 6.69. The number of hydrogen-bond donors (Lipinski definition) is 3. The van der Waals surface area contributed by atoms with Gasteiger partial charge < -0.3 is 22.9 Å². The van der Waals surface area contributed by atoms with Crippen molar-refractivity contribution in [2.45, 2.75) is 0 Å². The quantitative estimate of drug-likeness (QED) is 0.0512. The maximum absolute atomic E-state index is 6.69. The molecular weight excluding hydrogens is 737 g/mol. The summed E-state index contributed by atoms with van der Waals surface area (Å²) < 4.78 is 1.12. The Kier molecular flexibility index (Phi) is 15.5. The third kappa shape index (κ3) is 12.3. The molecule has 0 spiro atoms. The number of para-hydroxylation sites is 3. The minimum Gasteiger partial charge on any atom is -0.398 e. The van der Waals surface area contributed by atoms with Crippen LogP contribution in [0.3, 0.4) is 0 Å². The number of halogens is 1. The number of hydrogen-bond acceptors (Lipinski definition) is 2. The molecule has 0 saturated carbocycles. The maximum Gasteiger partial charge on any atom is 1.00 e. The van der Waals surface area contributed by atoms with Crippen molar-refractivity contribution >= 4 is 44.9 Å². The van der Waals surface area contributed by atoms with Crippen molar-refractivity contribution in [1.82, 2.24) is 4.98 Å². The number of fused-ring (bicyclic) bond motifs is 1. The van der Waals surface area contributed by atoms with E-state index >= 15 is 0 Å². The van der Waals surface area contributed by atoms with Crippen molar-refractivity contribution in [2.24, 2.45) is 0 Å². The van der Waals surface area contributed by atoms with Gasteiger partial charge in [-0.25, -0.2) is 0 Å². The zero-order valence-corrected chi connectivity index (χ0v) is 28.6. The molecule has 1 heterocycles. The third-order valence-corrected chi connectivity index (χ3v) is 7.50. The Morgan fingerprint density at radius 3 is 1.57 bits per heavy atom. The molecule has 1 aromatic heterocycles. The van der Waals surface area contributed by atoms with Crippen LogP contribution in [0.1, 0.15) is 16.7 Å². The second-order valence-electron chi connectivity index (χ2n) is 9.85. The number of aromatic nitrogens is 1. The summed E-state index contributed by atoms with van der Waals surface area (Å²) in [5, 5.41) is 1.26. The van der Waals surface area contributed by atoms with Gasteiger partial charge in [-0.3, -0.25) is 5.92 Å². The summed E-state index contributed by atoms with van der Waals surface area (Å²) in [6.07, 6.45) is 6.69. The molecule has 0 fully saturated rings. The van der Waals surface area contributed by atoms with E-state index in [0.29, 0.717) is 0 Å². The van der Waals surface area contributed by atoms with Crippen LogP contribution < -0.4 is 11.5 Å². The summed E-state index contributed by atoms with van der Waals surface area (Å²) in [6, 6.07) is 55.5. The summed E-state index contributed by atoms with van der Waals surface area (Å²) in [5.41, 5.74) is 19.2. The molecule has 0 radical (unpaired) electrons. The van der Waals surface area contributed by atoms with Crippen LogP contribution in [-0.4, -0.2) is 4.98 Å². The van der Waals surface area contributed by atoms with Crippen molar-refractivity contribution in [2.75, 3.05) is 11.5 Å². The van der Waals surface area contributed by atoms with Gasteiger partial charge in [0, 0.05) is 42.7 Å². The van der Waals surface area contributed by atoms with Gasteiger partial charge in [-0.15, -0.1) is 17.7 Å². The third-order valence-electron chi connectivity index (χ3n) is 6.51. The van der Waals surface area contributed by atoms with Crippen LogP contribution in [0, 0.1) is 27.8 Å². The van der Waals surface area contributed by atoms with Gasteiger partial charge in [0.25, 0.3) is 0 Å². The van der Waals surface area contributed by atoms with Gasteiger partial charge in [-0.2, -0.15) is 0 Å². The van der Waals surface area contributed by atoms with Crippen LogP contribution in [0.2, 0.25) is 0 Å². The zero-order valence-electron chi connectivity index (χ0n) is 25.5. The number of H-pyrrole nitrogens is 1. The molecule has 0 aliphatic rings. The molecule has 0 saturated heterocycles. The SMILES string of the molecule is Nc1ccccc1C#Cc1ccccc1.Nc1ccccc1I.[C-]#Cc1ccccc1.[Cu+].c1ccc(-c2cc3ccccc3[nH]2)cc1. The molecule has 5 heteroatoms. The summed E-state index contributed by atoms with van der Waals surface area (Å²) in [7, 11) is 0. The molecular formula is C42H33CuIN3. The number of nitrogens with two attached hydrogens (primary N) is 2. The molecule has 0 atom stereocenters. The number of nitrogens with one attached hydrogen (secondary N) is 1. The fourth-order valence-electron chi connectivity index (χ4n) is 4.12. The Hall–Kier alpha value is -5.17. The average molecular weight is 770 g/mol. The molecule has 6 aromatic carbocycles. The average Bonchev–Trinajstić information content (AvgIpc) is 3.56. The molecule has 0 aliphatic carbocycles. The minimum atomic E-state index is 0. The summed E-state index contributed by atoms with van der Waals surface area (Å²) in [5.74, 6) is 8.40. The molecule has 5 N–H and O–H groups in total. The van der Waals surface area contributed by atoms with Crippen molar-refractivity contribution < 1.29 is 17.1 Å². The van der Waals surface area contributed by atoms with E-state index in [-0.39, 0.29) is 17.1 Å². The number of aromatic amines is 1. The molecule has 0 unspecified atom stereocenters. The van der Waals surface area contributed by atoms with E-state index < -0.39 is 0 Å². The molecule has 0 bridgehead atoms. The first kappa shape index (κ1) is 36.3. The Bertz CT molecular complexity index is 1980. The summed E-state index contributed by atoms with van der Waals surface area (Å²) >= 11 is 2.20. The minimum absolute atomic E-state index is 0. The van der Waals surface area contributed by atoms with Crippen molar-refractivity contribution in [3.05, 3.63) is 197 Å². The molecule has 0 amide bonds. The van der Waals surface area contributed by atoms with E-state index in [0.717, 1.165) is 31.6 Å². The van der Waals surface area contributed by atoms with Gasteiger partial charge in [-0.1, -0.05) is 121 Å². The molecule has 3 nitrogen and oxygen atoms in total.